The summed E-state index contributed by atoms with van der Waals surface area (Å²) in [7, 11) is 0. The molecule has 0 amide bonds. The number of thioether (sulfide) groups is 1. The van der Waals surface area contributed by atoms with Gasteiger partial charge in [0.15, 0.2) is 0 Å². The molecule has 0 saturated heterocycles. The number of hydrogen-bond acceptors (Lipinski definition) is 2. The summed E-state index contributed by atoms with van der Waals surface area (Å²) in [5.41, 5.74) is 7.17. The van der Waals surface area contributed by atoms with Crippen LogP contribution in [0.3, 0.4) is 0 Å². The van der Waals surface area contributed by atoms with Gasteiger partial charge in [-0.1, -0.05) is 12.1 Å². The van der Waals surface area contributed by atoms with E-state index >= 15 is 0 Å². The quantitative estimate of drug-likeness (QED) is 0.804. The van der Waals surface area contributed by atoms with Crippen molar-refractivity contribution in [2.75, 3.05) is 12.3 Å². The third-order valence-electron chi connectivity index (χ3n) is 3.09. The van der Waals surface area contributed by atoms with Gasteiger partial charge in [0, 0.05) is 16.9 Å². The van der Waals surface area contributed by atoms with E-state index in [1.54, 1.807) is 0 Å². The molecule has 1 nitrogen and oxygen atoms in total. The minimum Gasteiger partial charge on any atom is -0.330 e. The molecule has 2 rings (SSSR count). The molecule has 1 aromatic carbocycles. The minimum atomic E-state index is -2.25. The van der Waals surface area contributed by atoms with Crippen molar-refractivity contribution >= 4 is 11.8 Å². The van der Waals surface area contributed by atoms with Gasteiger partial charge in [0.2, 0.25) is 6.43 Å². The molecule has 4 heteroatoms. The maximum Gasteiger partial charge on any atom is 0.247 e. The second-order valence-corrected chi connectivity index (χ2v) is 5.30. The van der Waals surface area contributed by atoms with E-state index in [4.69, 9.17) is 5.73 Å². The van der Waals surface area contributed by atoms with Gasteiger partial charge in [-0.3, -0.25) is 0 Å². The van der Waals surface area contributed by atoms with E-state index in [9.17, 15) is 8.78 Å². The molecule has 0 atom stereocenters. The lowest BCUT2D eigenvalue weighted by molar-refractivity contribution is 0.177. The monoisotopic (exact) mass is 243 g/mol. The number of benzene rings is 1. The van der Waals surface area contributed by atoms with E-state index in [1.165, 1.54) is 17.3 Å². The van der Waals surface area contributed by atoms with Gasteiger partial charge in [-0.25, -0.2) is 8.78 Å². The van der Waals surface area contributed by atoms with E-state index < -0.39 is 6.43 Å². The molecule has 0 aliphatic heterocycles. The summed E-state index contributed by atoms with van der Waals surface area (Å²) in [6, 6.07) is 7.87. The molecular weight excluding hydrogens is 228 g/mol. The Morgan fingerprint density at radius 2 is 1.88 bits per heavy atom. The maximum atomic E-state index is 12.0. The first-order valence-electron chi connectivity index (χ1n) is 5.38. The number of nitrogens with two attached hydrogens (primary N) is 1. The van der Waals surface area contributed by atoms with Gasteiger partial charge < -0.3 is 5.73 Å². The van der Waals surface area contributed by atoms with Gasteiger partial charge in [0.05, 0.1) is 5.75 Å². The predicted octanol–water partition coefficient (Wildman–Crippen LogP) is 3.03. The predicted molar refractivity (Wildman–Crippen MR) is 63.1 cm³/mol. The van der Waals surface area contributed by atoms with Crippen molar-refractivity contribution in [2.24, 2.45) is 5.73 Å². The van der Waals surface area contributed by atoms with Crippen molar-refractivity contribution in [2.45, 2.75) is 29.6 Å². The molecule has 88 valence electrons. The van der Waals surface area contributed by atoms with Crippen LogP contribution in [-0.4, -0.2) is 18.7 Å². The summed E-state index contributed by atoms with van der Waals surface area (Å²) in [6.07, 6.45) is 0.0449. The Labute approximate surface area is 98.4 Å². The van der Waals surface area contributed by atoms with E-state index in [-0.39, 0.29) is 11.2 Å². The van der Waals surface area contributed by atoms with Gasteiger partial charge in [0.1, 0.15) is 0 Å². The largest absolute Gasteiger partial charge is 0.330 e. The molecule has 1 aliphatic carbocycles. The highest BCUT2D eigenvalue weighted by molar-refractivity contribution is 7.99. The molecule has 1 aromatic rings. The SMILES string of the molecule is NCC1(c2ccc(SCC(F)F)cc2)CC1. The first kappa shape index (κ1) is 11.9. The van der Waals surface area contributed by atoms with Crippen molar-refractivity contribution in [3.8, 4) is 0 Å². The lowest BCUT2D eigenvalue weighted by Gasteiger charge is -2.13. The maximum absolute atomic E-state index is 12.0. The molecule has 0 spiro atoms. The zero-order chi connectivity index (χ0) is 11.6. The van der Waals surface area contributed by atoms with E-state index in [0.717, 1.165) is 17.7 Å². The van der Waals surface area contributed by atoms with E-state index in [0.29, 0.717) is 6.54 Å². The summed E-state index contributed by atoms with van der Waals surface area (Å²) in [5.74, 6) is -0.138. The second kappa shape index (κ2) is 4.72. The highest BCUT2D eigenvalue weighted by Gasteiger charge is 2.42. The standard InChI is InChI=1S/C12H15F2NS/c13-11(14)7-16-10-3-1-9(2-4-10)12(8-15)5-6-12/h1-4,11H,5-8,15H2. The first-order chi connectivity index (χ1) is 7.66. The van der Waals surface area contributed by atoms with Crippen molar-refractivity contribution in [1.82, 2.24) is 0 Å². The lowest BCUT2D eigenvalue weighted by atomic mass is 9.96. The van der Waals surface area contributed by atoms with Crippen LogP contribution in [-0.2, 0) is 5.41 Å². The molecule has 0 aromatic heterocycles. The lowest BCUT2D eigenvalue weighted by Crippen LogP contribution is -2.19. The smallest absolute Gasteiger partial charge is 0.247 e. The number of rotatable bonds is 5. The molecule has 0 unspecified atom stereocenters. The average Bonchev–Trinajstić information content (AvgIpc) is 3.08. The van der Waals surface area contributed by atoms with Gasteiger partial charge in [-0.2, -0.15) is 0 Å². The van der Waals surface area contributed by atoms with Gasteiger partial charge in [-0.05, 0) is 30.5 Å². The summed E-state index contributed by atoms with van der Waals surface area (Å²) >= 11 is 1.19. The van der Waals surface area contributed by atoms with Crippen molar-refractivity contribution in [3.05, 3.63) is 29.8 Å². The van der Waals surface area contributed by atoms with Gasteiger partial charge >= 0.3 is 0 Å². The van der Waals surface area contributed by atoms with E-state index in [1.807, 2.05) is 24.3 Å². The minimum absolute atomic E-state index is 0.138. The van der Waals surface area contributed by atoms with Crippen LogP contribution in [0.1, 0.15) is 18.4 Å². The Morgan fingerprint density at radius 1 is 1.25 bits per heavy atom. The van der Waals surface area contributed by atoms with Crippen LogP contribution in [0, 0.1) is 0 Å². The van der Waals surface area contributed by atoms with Crippen LogP contribution < -0.4 is 5.73 Å². The van der Waals surface area contributed by atoms with Crippen LogP contribution in [0.4, 0.5) is 8.78 Å². The molecule has 1 fully saturated rings. The fourth-order valence-electron chi connectivity index (χ4n) is 1.83. The Hall–Kier alpha value is -0.610. The molecule has 1 aliphatic rings. The first-order valence-corrected chi connectivity index (χ1v) is 6.36. The second-order valence-electron chi connectivity index (χ2n) is 4.21. The number of alkyl halides is 2. The van der Waals surface area contributed by atoms with Crippen LogP contribution >= 0.6 is 11.8 Å². The zero-order valence-corrected chi connectivity index (χ0v) is 9.77. The fourth-order valence-corrected chi connectivity index (χ4v) is 2.47. The van der Waals surface area contributed by atoms with Gasteiger partial charge in [-0.15, -0.1) is 11.8 Å². The molecule has 1 saturated carbocycles. The number of hydrogen-bond donors (Lipinski definition) is 1. The summed E-state index contributed by atoms with van der Waals surface area (Å²) in [5, 5.41) is 0. The summed E-state index contributed by atoms with van der Waals surface area (Å²) < 4.78 is 24.0. The Balaban J connectivity index is 2.00. The fraction of sp³-hybridized carbons (Fsp3) is 0.500. The Morgan fingerprint density at radius 3 is 2.31 bits per heavy atom. The van der Waals surface area contributed by atoms with Crippen LogP contribution in [0.15, 0.2) is 29.2 Å². The summed E-state index contributed by atoms with van der Waals surface area (Å²) in [4.78, 5) is 0.900. The van der Waals surface area contributed by atoms with Crippen molar-refractivity contribution in [3.63, 3.8) is 0 Å². The number of halogens is 2. The van der Waals surface area contributed by atoms with Gasteiger partial charge in [0.25, 0.3) is 0 Å². The van der Waals surface area contributed by atoms with Crippen molar-refractivity contribution < 1.29 is 8.78 Å². The zero-order valence-electron chi connectivity index (χ0n) is 8.96. The van der Waals surface area contributed by atoms with E-state index in [2.05, 4.69) is 0 Å². The summed E-state index contributed by atoms with van der Waals surface area (Å²) in [6.45, 7) is 0.677. The average molecular weight is 243 g/mol. The molecule has 2 N–H and O–H groups in total. The molecule has 0 heterocycles. The topological polar surface area (TPSA) is 26.0 Å². The Bertz CT molecular complexity index is 347. The highest BCUT2D eigenvalue weighted by atomic mass is 32.2. The molecule has 16 heavy (non-hydrogen) atoms. The third kappa shape index (κ3) is 2.55. The third-order valence-corrected chi connectivity index (χ3v) is 4.11. The molecular formula is C12H15F2NS. The van der Waals surface area contributed by atoms with Crippen molar-refractivity contribution in [1.29, 1.82) is 0 Å². The highest BCUT2D eigenvalue weighted by Crippen LogP contribution is 2.47. The van der Waals surface area contributed by atoms with Crippen LogP contribution in [0.5, 0.6) is 0 Å². The van der Waals surface area contributed by atoms with Crippen LogP contribution in [0.25, 0.3) is 0 Å². The van der Waals surface area contributed by atoms with Crippen LogP contribution in [0.2, 0.25) is 0 Å². The molecule has 0 radical (unpaired) electrons. The molecule has 0 bridgehead atoms. The normalized spacial score (nSPS) is 17.8. The Kier molecular flexibility index (Phi) is 3.50.